The van der Waals surface area contributed by atoms with Crippen LogP contribution in [0.25, 0.3) is 0 Å². The molecule has 2 unspecified atom stereocenters. The van der Waals surface area contributed by atoms with Crippen molar-refractivity contribution in [3.05, 3.63) is 59.4 Å². The number of thioether (sulfide) groups is 1. The first kappa shape index (κ1) is 13.7. The van der Waals surface area contributed by atoms with Crippen molar-refractivity contribution in [1.29, 1.82) is 0 Å². The van der Waals surface area contributed by atoms with Gasteiger partial charge in [0.05, 0.1) is 0 Å². The zero-order valence-electron chi connectivity index (χ0n) is 11.8. The second-order valence-electron chi connectivity index (χ2n) is 5.46. The first-order valence-corrected chi connectivity index (χ1v) is 8.06. The number of hydrogen-bond acceptors (Lipinski definition) is 3. The van der Waals surface area contributed by atoms with Gasteiger partial charge in [-0.15, -0.1) is 11.8 Å². The lowest BCUT2D eigenvalue weighted by atomic mass is 10.1. The van der Waals surface area contributed by atoms with E-state index < -0.39 is 0 Å². The Morgan fingerprint density at radius 2 is 1.85 bits per heavy atom. The third-order valence-electron chi connectivity index (χ3n) is 3.85. The number of hydrogen-bond donors (Lipinski definition) is 1. The maximum Gasteiger partial charge on any atom is 0.0493 e. The van der Waals surface area contributed by atoms with Crippen molar-refractivity contribution in [1.82, 2.24) is 4.98 Å². The lowest BCUT2D eigenvalue weighted by Gasteiger charge is -2.21. The summed E-state index contributed by atoms with van der Waals surface area (Å²) in [4.78, 5) is 5.42. The summed E-state index contributed by atoms with van der Waals surface area (Å²) < 4.78 is 0. The highest BCUT2D eigenvalue weighted by Gasteiger charge is 2.19. The molecule has 0 bridgehead atoms. The Hall–Kier alpha value is -1.32. The molecule has 3 rings (SSSR count). The van der Waals surface area contributed by atoms with Crippen molar-refractivity contribution >= 4 is 11.8 Å². The molecule has 2 nitrogen and oxygen atoms in total. The molecule has 20 heavy (non-hydrogen) atoms. The topological polar surface area (TPSA) is 38.9 Å². The number of pyridine rings is 1. The smallest absolute Gasteiger partial charge is 0.0493 e. The summed E-state index contributed by atoms with van der Waals surface area (Å²) in [5.41, 5.74) is 10.5. The number of aromatic nitrogens is 1. The minimum absolute atomic E-state index is 0.107. The van der Waals surface area contributed by atoms with Gasteiger partial charge in [0.15, 0.2) is 0 Å². The third-order valence-corrected chi connectivity index (χ3v) is 5.33. The highest BCUT2D eigenvalue weighted by atomic mass is 32.2. The first-order chi connectivity index (χ1) is 9.74. The van der Waals surface area contributed by atoms with Crippen molar-refractivity contribution in [3.8, 4) is 0 Å². The van der Waals surface area contributed by atoms with E-state index in [0.717, 1.165) is 0 Å². The Morgan fingerprint density at radius 3 is 2.60 bits per heavy atom. The van der Waals surface area contributed by atoms with Gasteiger partial charge < -0.3 is 5.73 Å². The first-order valence-electron chi connectivity index (χ1n) is 7.18. The summed E-state index contributed by atoms with van der Waals surface area (Å²) >= 11 is 1.86. The fraction of sp³-hybridized carbons (Fsp3) is 0.353. The molecule has 3 heteroatoms. The molecule has 1 aliphatic carbocycles. The molecule has 2 atom stereocenters. The van der Waals surface area contributed by atoms with Gasteiger partial charge in [0.1, 0.15) is 0 Å². The van der Waals surface area contributed by atoms with Gasteiger partial charge >= 0.3 is 0 Å². The van der Waals surface area contributed by atoms with Crippen LogP contribution in [0, 0.1) is 0 Å². The normalized spacial score (nSPS) is 16.7. The van der Waals surface area contributed by atoms with E-state index >= 15 is 0 Å². The molecule has 104 valence electrons. The Kier molecular flexibility index (Phi) is 4.08. The van der Waals surface area contributed by atoms with Crippen LogP contribution in [-0.4, -0.2) is 11.0 Å². The minimum atomic E-state index is 0.107. The number of fused-ring (bicyclic) bond motifs is 1. The maximum absolute atomic E-state index is 6.19. The summed E-state index contributed by atoms with van der Waals surface area (Å²) in [6, 6.07) is 11.1. The van der Waals surface area contributed by atoms with Crippen molar-refractivity contribution in [2.24, 2.45) is 5.73 Å². The van der Waals surface area contributed by atoms with Gasteiger partial charge in [-0.05, 0) is 67.1 Å². The second kappa shape index (κ2) is 5.98. The molecular formula is C17H20N2S. The van der Waals surface area contributed by atoms with E-state index in [1.165, 1.54) is 40.8 Å². The van der Waals surface area contributed by atoms with Crippen LogP contribution in [0.5, 0.6) is 0 Å². The van der Waals surface area contributed by atoms with E-state index in [1.54, 1.807) is 0 Å². The molecule has 0 fully saturated rings. The van der Waals surface area contributed by atoms with E-state index in [2.05, 4.69) is 42.2 Å². The van der Waals surface area contributed by atoms with E-state index in [1.807, 2.05) is 24.2 Å². The van der Waals surface area contributed by atoms with Gasteiger partial charge in [-0.3, -0.25) is 4.98 Å². The van der Waals surface area contributed by atoms with Crippen LogP contribution >= 0.6 is 11.8 Å². The molecule has 0 amide bonds. The molecular weight excluding hydrogens is 264 g/mol. The highest BCUT2D eigenvalue weighted by Crippen LogP contribution is 2.38. The number of nitrogens with two attached hydrogens (primary N) is 1. The van der Waals surface area contributed by atoms with Gasteiger partial charge in [0, 0.05) is 28.6 Å². The van der Waals surface area contributed by atoms with Crippen molar-refractivity contribution in [2.75, 3.05) is 0 Å². The Labute approximate surface area is 124 Å². The van der Waals surface area contributed by atoms with Crippen molar-refractivity contribution in [2.45, 2.75) is 42.4 Å². The van der Waals surface area contributed by atoms with E-state index in [0.29, 0.717) is 0 Å². The summed E-state index contributed by atoms with van der Waals surface area (Å²) in [5, 5.41) is 0.275. The van der Waals surface area contributed by atoms with Gasteiger partial charge in [-0.1, -0.05) is 6.07 Å². The maximum atomic E-state index is 6.19. The van der Waals surface area contributed by atoms with Crippen LogP contribution < -0.4 is 5.73 Å². The quantitative estimate of drug-likeness (QED) is 0.869. The number of benzene rings is 1. The fourth-order valence-electron chi connectivity index (χ4n) is 2.80. The standard InChI is InChI=1S/C17H20N2S/c1-12(18)17(14-7-9-19-10-8-14)20-16-6-5-13-3-2-4-15(13)11-16/h5-12,17H,2-4,18H2,1H3. The van der Waals surface area contributed by atoms with E-state index in [4.69, 9.17) is 5.73 Å². The predicted molar refractivity (Wildman–Crippen MR) is 85.0 cm³/mol. The molecule has 0 saturated carbocycles. The van der Waals surface area contributed by atoms with Gasteiger partial charge in [0.25, 0.3) is 0 Å². The average molecular weight is 284 g/mol. The molecule has 0 radical (unpaired) electrons. The molecule has 0 saturated heterocycles. The van der Waals surface area contributed by atoms with Crippen LogP contribution in [0.15, 0.2) is 47.6 Å². The average Bonchev–Trinajstić information content (AvgIpc) is 2.93. The predicted octanol–water partition coefficient (Wildman–Crippen LogP) is 3.75. The van der Waals surface area contributed by atoms with Crippen molar-refractivity contribution < 1.29 is 0 Å². The van der Waals surface area contributed by atoms with Gasteiger partial charge in [0.2, 0.25) is 0 Å². The Morgan fingerprint density at radius 1 is 1.10 bits per heavy atom. The Balaban J connectivity index is 1.84. The second-order valence-corrected chi connectivity index (χ2v) is 6.68. The SMILES string of the molecule is CC(N)C(Sc1ccc2c(c1)CCC2)c1ccncc1. The fourth-order valence-corrected chi connectivity index (χ4v) is 3.96. The lowest BCUT2D eigenvalue weighted by molar-refractivity contribution is 0.720. The third kappa shape index (κ3) is 2.89. The lowest BCUT2D eigenvalue weighted by Crippen LogP contribution is -2.22. The summed E-state index contributed by atoms with van der Waals surface area (Å²) in [6.07, 6.45) is 7.44. The van der Waals surface area contributed by atoms with Crippen LogP contribution in [-0.2, 0) is 12.8 Å². The zero-order valence-corrected chi connectivity index (χ0v) is 12.6. The number of aryl methyl sites for hydroxylation is 2. The zero-order chi connectivity index (χ0) is 13.9. The van der Waals surface area contributed by atoms with Crippen LogP contribution in [0.4, 0.5) is 0 Å². The van der Waals surface area contributed by atoms with Gasteiger partial charge in [-0.25, -0.2) is 0 Å². The van der Waals surface area contributed by atoms with Gasteiger partial charge in [-0.2, -0.15) is 0 Å². The Bertz CT molecular complexity index is 581. The van der Waals surface area contributed by atoms with E-state index in [-0.39, 0.29) is 11.3 Å². The summed E-state index contributed by atoms with van der Waals surface area (Å²) in [6.45, 7) is 2.07. The molecule has 1 heterocycles. The largest absolute Gasteiger partial charge is 0.327 e. The summed E-state index contributed by atoms with van der Waals surface area (Å²) in [5.74, 6) is 0. The van der Waals surface area contributed by atoms with Crippen LogP contribution in [0.3, 0.4) is 0 Å². The molecule has 1 aromatic heterocycles. The molecule has 1 aromatic carbocycles. The molecule has 1 aliphatic rings. The van der Waals surface area contributed by atoms with E-state index in [9.17, 15) is 0 Å². The minimum Gasteiger partial charge on any atom is -0.327 e. The van der Waals surface area contributed by atoms with Crippen LogP contribution in [0.2, 0.25) is 0 Å². The molecule has 2 aromatic rings. The van der Waals surface area contributed by atoms with Crippen molar-refractivity contribution in [3.63, 3.8) is 0 Å². The molecule has 2 N–H and O–H groups in total. The number of rotatable bonds is 4. The molecule has 0 spiro atoms. The number of nitrogens with zero attached hydrogens (tertiary/aromatic N) is 1. The molecule has 0 aliphatic heterocycles. The van der Waals surface area contributed by atoms with Crippen LogP contribution in [0.1, 0.15) is 35.3 Å². The monoisotopic (exact) mass is 284 g/mol. The highest BCUT2D eigenvalue weighted by molar-refractivity contribution is 7.99. The summed E-state index contributed by atoms with van der Waals surface area (Å²) in [7, 11) is 0.